The fourth-order valence-corrected chi connectivity index (χ4v) is 4.07. The van der Waals surface area contributed by atoms with Crippen LogP contribution in [0.1, 0.15) is 0 Å². The Labute approximate surface area is 202 Å². The molecule has 160 valence electrons. The molecule has 0 atom stereocenters. The smallest absolute Gasteiger partial charge is 0.132 e. The Balaban J connectivity index is 1.30. The maximum atomic E-state index is 6.10. The van der Waals surface area contributed by atoms with E-state index < -0.39 is 0 Å². The summed E-state index contributed by atoms with van der Waals surface area (Å²) in [6.07, 6.45) is 0. The molecule has 0 amide bonds. The molecule has 0 spiro atoms. The van der Waals surface area contributed by atoms with E-state index in [-0.39, 0.29) is 0 Å². The van der Waals surface area contributed by atoms with Crippen LogP contribution < -0.4 is 9.47 Å². The first-order chi connectivity index (χ1) is 16.2. The first kappa shape index (κ1) is 21.0. The van der Waals surface area contributed by atoms with Crippen LogP contribution in [0.15, 0.2) is 132 Å². The van der Waals surface area contributed by atoms with Gasteiger partial charge in [0.05, 0.1) is 0 Å². The molecule has 0 aliphatic carbocycles. The van der Waals surface area contributed by atoms with Crippen molar-refractivity contribution >= 4 is 15.9 Å². The molecule has 2 nitrogen and oxygen atoms in total. The highest BCUT2D eigenvalue weighted by Gasteiger charge is 2.06. The van der Waals surface area contributed by atoms with E-state index in [1.807, 2.05) is 78.9 Å². The number of ether oxygens (including phenoxy) is 2. The zero-order chi connectivity index (χ0) is 22.5. The number of rotatable bonds is 6. The summed E-state index contributed by atoms with van der Waals surface area (Å²) in [4.78, 5) is 0. The van der Waals surface area contributed by atoms with E-state index in [2.05, 4.69) is 64.5 Å². The first-order valence-electron chi connectivity index (χ1n) is 10.7. The molecular formula is C30H21BrO2. The zero-order valence-electron chi connectivity index (χ0n) is 17.8. The van der Waals surface area contributed by atoms with Gasteiger partial charge in [0.25, 0.3) is 0 Å². The zero-order valence-corrected chi connectivity index (χ0v) is 19.4. The Morgan fingerprint density at radius 1 is 0.364 bits per heavy atom. The number of hydrogen-bond donors (Lipinski definition) is 0. The summed E-state index contributed by atoms with van der Waals surface area (Å²) in [7, 11) is 0. The van der Waals surface area contributed by atoms with E-state index in [1.54, 1.807) is 0 Å². The van der Waals surface area contributed by atoms with Gasteiger partial charge >= 0.3 is 0 Å². The second-order valence-corrected chi connectivity index (χ2v) is 8.52. The molecule has 0 bridgehead atoms. The summed E-state index contributed by atoms with van der Waals surface area (Å²) in [6.45, 7) is 0. The molecule has 0 saturated heterocycles. The fourth-order valence-electron chi connectivity index (χ4n) is 3.62. The average molecular weight is 493 g/mol. The lowest BCUT2D eigenvalue weighted by molar-refractivity contribution is 0.460. The van der Waals surface area contributed by atoms with Crippen LogP contribution in [0, 0.1) is 0 Å². The third-order valence-electron chi connectivity index (χ3n) is 5.24. The van der Waals surface area contributed by atoms with Crippen LogP contribution in [0.4, 0.5) is 0 Å². The molecule has 33 heavy (non-hydrogen) atoms. The van der Waals surface area contributed by atoms with Crippen LogP contribution in [0.3, 0.4) is 0 Å². The molecule has 0 N–H and O–H groups in total. The van der Waals surface area contributed by atoms with Gasteiger partial charge in [-0.25, -0.2) is 0 Å². The molecule has 0 unspecified atom stereocenters. The van der Waals surface area contributed by atoms with Crippen molar-refractivity contribution in [1.82, 2.24) is 0 Å². The predicted octanol–water partition coefficient (Wildman–Crippen LogP) is 9.37. The quantitative estimate of drug-likeness (QED) is 0.235. The topological polar surface area (TPSA) is 18.5 Å². The van der Waals surface area contributed by atoms with Crippen LogP contribution in [0.5, 0.6) is 23.0 Å². The SMILES string of the molecule is Brc1cc(Oc2ccc(-c3ccccc3)cc2)cc(Oc2ccc(-c3ccccc3)cc2)c1. The van der Waals surface area contributed by atoms with Crippen molar-refractivity contribution in [3.63, 3.8) is 0 Å². The Morgan fingerprint density at radius 3 is 1.12 bits per heavy atom. The van der Waals surface area contributed by atoms with Crippen LogP contribution in [-0.2, 0) is 0 Å². The lowest BCUT2D eigenvalue weighted by Crippen LogP contribution is -1.88. The molecular weight excluding hydrogens is 472 g/mol. The van der Waals surface area contributed by atoms with Gasteiger partial charge in [0.1, 0.15) is 23.0 Å². The summed E-state index contributed by atoms with van der Waals surface area (Å²) in [6, 6.07) is 42.5. The normalized spacial score (nSPS) is 10.6. The summed E-state index contributed by atoms with van der Waals surface area (Å²) < 4.78 is 13.1. The minimum Gasteiger partial charge on any atom is -0.457 e. The van der Waals surface area contributed by atoms with Crippen molar-refractivity contribution in [2.45, 2.75) is 0 Å². The molecule has 5 aromatic rings. The third kappa shape index (κ3) is 5.33. The predicted molar refractivity (Wildman–Crippen MR) is 138 cm³/mol. The molecule has 0 aromatic heterocycles. The standard InChI is InChI=1S/C30H21BrO2/c31-26-19-29(32-27-15-11-24(12-16-27)22-7-3-1-4-8-22)21-30(20-26)33-28-17-13-25(14-18-28)23-9-5-2-6-10-23/h1-21H. The van der Waals surface area contributed by atoms with Crippen LogP contribution in [-0.4, -0.2) is 0 Å². The molecule has 5 rings (SSSR count). The number of hydrogen-bond acceptors (Lipinski definition) is 2. The molecule has 0 aliphatic heterocycles. The van der Waals surface area contributed by atoms with Crippen molar-refractivity contribution in [3.8, 4) is 45.3 Å². The number of benzene rings is 5. The third-order valence-corrected chi connectivity index (χ3v) is 5.70. The van der Waals surface area contributed by atoms with E-state index in [9.17, 15) is 0 Å². The van der Waals surface area contributed by atoms with Crippen LogP contribution >= 0.6 is 15.9 Å². The summed E-state index contributed by atoms with van der Waals surface area (Å²) >= 11 is 3.56. The molecule has 0 saturated carbocycles. The lowest BCUT2D eigenvalue weighted by Gasteiger charge is -2.11. The molecule has 5 aromatic carbocycles. The van der Waals surface area contributed by atoms with E-state index >= 15 is 0 Å². The van der Waals surface area contributed by atoms with Crippen LogP contribution in [0.25, 0.3) is 22.3 Å². The van der Waals surface area contributed by atoms with Gasteiger partial charge in [-0.1, -0.05) is 101 Å². The van der Waals surface area contributed by atoms with Gasteiger partial charge in [-0.05, 0) is 58.7 Å². The highest BCUT2D eigenvalue weighted by Crippen LogP contribution is 2.33. The van der Waals surface area contributed by atoms with E-state index in [1.165, 1.54) is 11.1 Å². The molecule has 0 heterocycles. The highest BCUT2D eigenvalue weighted by molar-refractivity contribution is 9.10. The van der Waals surface area contributed by atoms with E-state index in [0.717, 1.165) is 27.1 Å². The van der Waals surface area contributed by atoms with Gasteiger partial charge in [-0.2, -0.15) is 0 Å². The second-order valence-electron chi connectivity index (χ2n) is 7.61. The van der Waals surface area contributed by atoms with Crippen LogP contribution in [0.2, 0.25) is 0 Å². The van der Waals surface area contributed by atoms with Gasteiger partial charge in [0.2, 0.25) is 0 Å². The molecule has 0 aliphatic rings. The van der Waals surface area contributed by atoms with Gasteiger partial charge < -0.3 is 9.47 Å². The van der Waals surface area contributed by atoms with Crippen molar-refractivity contribution in [3.05, 3.63) is 132 Å². The van der Waals surface area contributed by atoms with Gasteiger partial charge in [-0.3, -0.25) is 0 Å². The maximum Gasteiger partial charge on any atom is 0.132 e. The maximum absolute atomic E-state index is 6.10. The molecule has 0 radical (unpaired) electrons. The summed E-state index contributed by atoms with van der Waals surface area (Å²) in [5.41, 5.74) is 4.67. The molecule has 3 heteroatoms. The number of halogens is 1. The Bertz CT molecular complexity index is 1230. The second kappa shape index (κ2) is 9.76. The molecule has 0 fully saturated rings. The highest BCUT2D eigenvalue weighted by atomic mass is 79.9. The van der Waals surface area contributed by atoms with Gasteiger partial charge in [-0.15, -0.1) is 0 Å². The summed E-state index contributed by atoms with van der Waals surface area (Å²) in [5, 5.41) is 0. The Morgan fingerprint density at radius 2 is 0.727 bits per heavy atom. The van der Waals surface area contributed by atoms with Crippen molar-refractivity contribution in [2.75, 3.05) is 0 Å². The minimum absolute atomic E-state index is 0.702. The minimum atomic E-state index is 0.702. The van der Waals surface area contributed by atoms with Crippen molar-refractivity contribution in [2.24, 2.45) is 0 Å². The Kier molecular flexibility index (Phi) is 6.23. The summed E-state index contributed by atoms with van der Waals surface area (Å²) in [5.74, 6) is 2.94. The largest absolute Gasteiger partial charge is 0.457 e. The van der Waals surface area contributed by atoms with Crippen molar-refractivity contribution < 1.29 is 9.47 Å². The lowest BCUT2D eigenvalue weighted by atomic mass is 10.1. The van der Waals surface area contributed by atoms with Gasteiger partial charge in [0, 0.05) is 10.5 Å². The Hall–Kier alpha value is -3.82. The monoisotopic (exact) mass is 492 g/mol. The first-order valence-corrected chi connectivity index (χ1v) is 11.5. The van der Waals surface area contributed by atoms with Gasteiger partial charge in [0.15, 0.2) is 0 Å². The van der Waals surface area contributed by atoms with E-state index in [0.29, 0.717) is 11.5 Å². The average Bonchev–Trinajstić information content (AvgIpc) is 2.86. The fraction of sp³-hybridized carbons (Fsp3) is 0. The van der Waals surface area contributed by atoms with E-state index in [4.69, 9.17) is 9.47 Å². The van der Waals surface area contributed by atoms with Crippen molar-refractivity contribution in [1.29, 1.82) is 0 Å².